The summed E-state index contributed by atoms with van der Waals surface area (Å²) < 4.78 is 15.7. The van der Waals surface area contributed by atoms with E-state index in [2.05, 4.69) is 4.98 Å². The highest BCUT2D eigenvalue weighted by Crippen LogP contribution is 2.23. The maximum absolute atomic E-state index is 14.0. The molecule has 17 heavy (non-hydrogen) atoms. The lowest BCUT2D eigenvalue weighted by Crippen LogP contribution is -2.04. The lowest BCUT2D eigenvalue weighted by molar-refractivity contribution is 0.0692. The van der Waals surface area contributed by atoms with Gasteiger partial charge in [0.1, 0.15) is 11.6 Å². The molecule has 5 heteroatoms. The number of hydrogen-bond donors (Lipinski definition) is 1. The van der Waals surface area contributed by atoms with Crippen LogP contribution in [0.2, 0.25) is 0 Å². The molecule has 88 valence electrons. The maximum atomic E-state index is 14.0. The van der Waals surface area contributed by atoms with Crippen molar-refractivity contribution in [1.29, 1.82) is 0 Å². The van der Waals surface area contributed by atoms with Gasteiger partial charge in [-0.05, 0) is 19.1 Å². The Labute approximate surface area is 97.3 Å². The zero-order chi connectivity index (χ0) is 12.4. The van der Waals surface area contributed by atoms with Gasteiger partial charge in [-0.3, -0.25) is 0 Å². The number of halogens is 1. The molecule has 2 rings (SSSR count). The van der Waals surface area contributed by atoms with Crippen molar-refractivity contribution in [3.8, 4) is 11.4 Å². The minimum absolute atomic E-state index is 0.205. The Kier molecular flexibility index (Phi) is 2.91. The van der Waals surface area contributed by atoms with Gasteiger partial charge in [0.2, 0.25) is 0 Å². The number of rotatable bonds is 3. The summed E-state index contributed by atoms with van der Waals surface area (Å²) in [6.45, 7) is 2.55. The quantitative estimate of drug-likeness (QED) is 0.887. The van der Waals surface area contributed by atoms with Crippen LogP contribution in [0.15, 0.2) is 30.6 Å². The minimum atomic E-state index is -1.28. The number of hydrogen-bond acceptors (Lipinski definition) is 2. The number of aromatic carboxylic acids is 1. The number of carbonyl (C=O) groups is 1. The van der Waals surface area contributed by atoms with E-state index in [9.17, 15) is 9.18 Å². The Bertz CT molecular complexity index is 563. The summed E-state index contributed by atoms with van der Waals surface area (Å²) >= 11 is 0. The molecule has 1 aromatic heterocycles. The zero-order valence-electron chi connectivity index (χ0n) is 9.22. The molecule has 0 aliphatic carbocycles. The number of carboxylic acids is 1. The molecule has 0 aliphatic rings. The van der Waals surface area contributed by atoms with Gasteiger partial charge in [-0.15, -0.1) is 0 Å². The average Bonchev–Trinajstić information content (AvgIpc) is 2.76. The molecule has 0 unspecified atom stereocenters. The van der Waals surface area contributed by atoms with Crippen molar-refractivity contribution in [2.45, 2.75) is 13.5 Å². The van der Waals surface area contributed by atoms with Crippen molar-refractivity contribution in [2.24, 2.45) is 0 Å². The van der Waals surface area contributed by atoms with Crippen LogP contribution in [0.5, 0.6) is 0 Å². The van der Waals surface area contributed by atoms with Crippen LogP contribution in [-0.2, 0) is 6.54 Å². The molecule has 2 aromatic rings. The van der Waals surface area contributed by atoms with E-state index in [1.807, 2.05) is 6.92 Å². The Morgan fingerprint density at radius 2 is 2.29 bits per heavy atom. The Morgan fingerprint density at radius 1 is 1.53 bits per heavy atom. The van der Waals surface area contributed by atoms with Crippen LogP contribution >= 0.6 is 0 Å². The van der Waals surface area contributed by atoms with Gasteiger partial charge in [-0.25, -0.2) is 14.2 Å². The van der Waals surface area contributed by atoms with Crippen LogP contribution in [0, 0.1) is 5.82 Å². The highest BCUT2D eigenvalue weighted by molar-refractivity contribution is 5.89. The van der Waals surface area contributed by atoms with Crippen molar-refractivity contribution in [1.82, 2.24) is 9.55 Å². The van der Waals surface area contributed by atoms with E-state index in [4.69, 9.17) is 5.11 Å². The van der Waals surface area contributed by atoms with Crippen LogP contribution in [-0.4, -0.2) is 20.6 Å². The standard InChI is InChI=1S/C12H11FN2O2/c1-2-15-7-6-14-11(15)8-4-3-5-9(10(8)13)12(16)17/h3-7H,2H2,1H3,(H,16,17). The van der Waals surface area contributed by atoms with Gasteiger partial charge in [0.05, 0.1) is 11.1 Å². The van der Waals surface area contributed by atoms with Crippen LogP contribution in [0.4, 0.5) is 4.39 Å². The van der Waals surface area contributed by atoms with E-state index >= 15 is 0 Å². The molecule has 1 aromatic carbocycles. The van der Waals surface area contributed by atoms with Gasteiger partial charge in [-0.1, -0.05) is 6.07 Å². The SMILES string of the molecule is CCn1ccnc1-c1cccc(C(=O)O)c1F. The summed E-state index contributed by atoms with van der Waals surface area (Å²) in [4.78, 5) is 14.9. The largest absolute Gasteiger partial charge is 0.478 e. The third-order valence-corrected chi connectivity index (χ3v) is 2.53. The maximum Gasteiger partial charge on any atom is 0.338 e. The van der Waals surface area contributed by atoms with Crippen molar-refractivity contribution in [3.63, 3.8) is 0 Å². The summed E-state index contributed by atoms with van der Waals surface area (Å²) in [7, 11) is 0. The fraction of sp³-hybridized carbons (Fsp3) is 0.167. The third kappa shape index (κ3) is 1.91. The first-order valence-corrected chi connectivity index (χ1v) is 5.18. The molecule has 0 amide bonds. The Hall–Kier alpha value is -2.17. The molecular formula is C12H11FN2O2. The number of carboxylic acid groups (broad SMARTS) is 1. The first kappa shape index (κ1) is 11.3. The molecule has 0 saturated heterocycles. The van der Waals surface area contributed by atoms with E-state index in [1.165, 1.54) is 18.2 Å². The third-order valence-electron chi connectivity index (χ3n) is 2.53. The Balaban J connectivity index is 2.60. The second-order valence-corrected chi connectivity index (χ2v) is 3.51. The van der Waals surface area contributed by atoms with Crippen LogP contribution in [0.3, 0.4) is 0 Å². The number of imidazole rings is 1. The predicted molar refractivity (Wildman–Crippen MR) is 60.3 cm³/mol. The number of benzene rings is 1. The molecule has 1 heterocycles. The highest BCUT2D eigenvalue weighted by atomic mass is 19.1. The van der Waals surface area contributed by atoms with Gasteiger partial charge in [0.25, 0.3) is 0 Å². The molecule has 1 N–H and O–H groups in total. The summed E-state index contributed by atoms with van der Waals surface area (Å²) in [5.74, 6) is -1.59. The minimum Gasteiger partial charge on any atom is -0.478 e. The van der Waals surface area contributed by atoms with Gasteiger partial charge >= 0.3 is 5.97 Å². The summed E-state index contributed by atoms with van der Waals surface area (Å²) in [5, 5.41) is 8.85. The van der Waals surface area contributed by atoms with Crippen LogP contribution in [0.25, 0.3) is 11.4 Å². The average molecular weight is 234 g/mol. The number of aromatic nitrogens is 2. The van der Waals surface area contributed by atoms with Gasteiger partial charge < -0.3 is 9.67 Å². The monoisotopic (exact) mass is 234 g/mol. The van der Waals surface area contributed by atoms with E-state index < -0.39 is 11.8 Å². The molecule has 0 spiro atoms. The second kappa shape index (κ2) is 4.37. The fourth-order valence-electron chi connectivity index (χ4n) is 1.68. The van der Waals surface area contributed by atoms with E-state index in [0.29, 0.717) is 12.4 Å². The van der Waals surface area contributed by atoms with E-state index in [0.717, 1.165) is 0 Å². The fourth-order valence-corrected chi connectivity index (χ4v) is 1.68. The molecule has 0 aliphatic heterocycles. The summed E-state index contributed by atoms with van der Waals surface area (Å²) in [5.41, 5.74) is -0.134. The summed E-state index contributed by atoms with van der Waals surface area (Å²) in [6, 6.07) is 4.27. The molecule has 0 atom stereocenters. The van der Waals surface area contributed by atoms with Crippen molar-refractivity contribution in [2.75, 3.05) is 0 Å². The van der Waals surface area contributed by atoms with Gasteiger partial charge in [-0.2, -0.15) is 0 Å². The van der Waals surface area contributed by atoms with Crippen LogP contribution < -0.4 is 0 Å². The van der Waals surface area contributed by atoms with Crippen molar-refractivity contribution in [3.05, 3.63) is 42.0 Å². The first-order valence-electron chi connectivity index (χ1n) is 5.18. The predicted octanol–water partition coefficient (Wildman–Crippen LogP) is 2.41. The molecule has 0 fully saturated rings. The molecule has 0 bridgehead atoms. The van der Waals surface area contributed by atoms with Gasteiger partial charge in [0.15, 0.2) is 0 Å². The first-order chi connectivity index (χ1) is 8.15. The Morgan fingerprint density at radius 3 is 2.94 bits per heavy atom. The molecular weight excluding hydrogens is 223 g/mol. The van der Waals surface area contributed by atoms with Crippen LogP contribution in [0.1, 0.15) is 17.3 Å². The van der Waals surface area contributed by atoms with Crippen molar-refractivity contribution >= 4 is 5.97 Å². The number of aryl methyl sites for hydroxylation is 1. The molecule has 0 saturated carbocycles. The topological polar surface area (TPSA) is 55.1 Å². The highest BCUT2D eigenvalue weighted by Gasteiger charge is 2.17. The normalized spacial score (nSPS) is 10.5. The van der Waals surface area contributed by atoms with E-state index in [1.54, 1.807) is 17.0 Å². The number of nitrogens with zero attached hydrogens (tertiary/aromatic N) is 2. The van der Waals surface area contributed by atoms with E-state index in [-0.39, 0.29) is 11.1 Å². The smallest absolute Gasteiger partial charge is 0.338 e. The summed E-state index contributed by atoms with van der Waals surface area (Å²) in [6.07, 6.45) is 3.29. The zero-order valence-corrected chi connectivity index (χ0v) is 9.22. The lowest BCUT2D eigenvalue weighted by Gasteiger charge is -2.07. The van der Waals surface area contributed by atoms with Crippen molar-refractivity contribution < 1.29 is 14.3 Å². The second-order valence-electron chi connectivity index (χ2n) is 3.51. The molecule has 0 radical (unpaired) electrons. The van der Waals surface area contributed by atoms with Gasteiger partial charge in [0, 0.05) is 18.9 Å². The lowest BCUT2D eigenvalue weighted by atomic mass is 10.1. The molecule has 4 nitrogen and oxygen atoms in total.